The predicted molar refractivity (Wildman–Crippen MR) is 82.8 cm³/mol. The maximum Gasteiger partial charge on any atom is 0.191 e. The highest BCUT2D eigenvalue weighted by atomic mass is 32.2. The molecule has 0 aromatic heterocycles. The van der Waals surface area contributed by atoms with E-state index < -0.39 is 0 Å². The summed E-state index contributed by atoms with van der Waals surface area (Å²) in [6, 6.07) is 0. The third kappa shape index (κ3) is 4.28. The average Bonchev–Trinajstić information content (AvgIpc) is 3.00. The van der Waals surface area contributed by atoms with Gasteiger partial charge in [0.05, 0.1) is 6.10 Å². The fourth-order valence-electron chi connectivity index (χ4n) is 2.95. The molecule has 0 radical (unpaired) electrons. The Morgan fingerprint density at radius 3 is 2.79 bits per heavy atom. The summed E-state index contributed by atoms with van der Waals surface area (Å²) in [5, 5.41) is 16.6. The standard InChI is InChI=1S/C14H27N3OS/c1-14(7-4-8-19-14)10-17-13(15-2)16-9-11-5-3-6-12(11)18/h11-12,18H,3-10H2,1-2H3,(H2,15,16,17). The number of aliphatic imine (C=N–C) groups is 1. The van der Waals surface area contributed by atoms with Gasteiger partial charge in [-0.25, -0.2) is 0 Å². The van der Waals surface area contributed by atoms with E-state index in [9.17, 15) is 5.11 Å². The molecule has 110 valence electrons. The maximum absolute atomic E-state index is 9.81. The van der Waals surface area contributed by atoms with Crippen LogP contribution in [0.5, 0.6) is 0 Å². The van der Waals surface area contributed by atoms with Crippen LogP contribution in [0.2, 0.25) is 0 Å². The number of rotatable bonds is 4. The molecule has 4 nitrogen and oxygen atoms in total. The van der Waals surface area contributed by atoms with E-state index in [1.807, 2.05) is 7.05 Å². The van der Waals surface area contributed by atoms with E-state index >= 15 is 0 Å². The molecule has 1 saturated heterocycles. The Labute approximate surface area is 120 Å². The summed E-state index contributed by atoms with van der Waals surface area (Å²) in [5.41, 5.74) is 0. The lowest BCUT2D eigenvalue weighted by atomic mass is 10.1. The number of thioether (sulfide) groups is 1. The minimum Gasteiger partial charge on any atom is -0.393 e. The normalized spacial score (nSPS) is 35.6. The molecular formula is C14H27N3OS. The monoisotopic (exact) mass is 285 g/mol. The molecule has 0 aromatic carbocycles. The highest BCUT2D eigenvalue weighted by molar-refractivity contribution is 8.00. The highest BCUT2D eigenvalue weighted by Gasteiger charge is 2.29. The molecular weight excluding hydrogens is 258 g/mol. The van der Waals surface area contributed by atoms with Crippen LogP contribution in [-0.2, 0) is 0 Å². The van der Waals surface area contributed by atoms with Crippen LogP contribution in [0.3, 0.4) is 0 Å². The molecule has 1 saturated carbocycles. The lowest BCUT2D eigenvalue weighted by molar-refractivity contribution is 0.134. The number of aliphatic hydroxyl groups is 1. The van der Waals surface area contributed by atoms with Crippen molar-refractivity contribution in [1.82, 2.24) is 10.6 Å². The van der Waals surface area contributed by atoms with Crippen molar-refractivity contribution in [2.75, 3.05) is 25.9 Å². The Morgan fingerprint density at radius 1 is 1.37 bits per heavy atom. The summed E-state index contributed by atoms with van der Waals surface area (Å²) >= 11 is 2.06. The second-order valence-corrected chi connectivity index (χ2v) is 7.65. The molecule has 3 N–H and O–H groups in total. The molecule has 0 bridgehead atoms. The van der Waals surface area contributed by atoms with Crippen LogP contribution in [0.15, 0.2) is 4.99 Å². The van der Waals surface area contributed by atoms with Gasteiger partial charge in [-0.1, -0.05) is 6.42 Å². The van der Waals surface area contributed by atoms with Crippen LogP contribution in [-0.4, -0.2) is 47.8 Å². The minimum atomic E-state index is -0.131. The van der Waals surface area contributed by atoms with Crippen molar-refractivity contribution < 1.29 is 5.11 Å². The van der Waals surface area contributed by atoms with Crippen molar-refractivity contribution in [1.29, 1.82) is 0 Å². The number of hydrogen-bond donors (Lipinski definition) is 3. The van der Waals surface area contributed by atoms with Crippen LogP contribution in [0.1, 0.15) is 39.0 Å². The second-order valence-electron chi connectivity index (χ2n) is 5.97. The quantitative estimate of drug-likeness (QED) is 0.542. The maximum atomic E-state index is 9.81. The molecule has 1 aliphatic carbocycles. The molecule has 3 atom stereocenters. The molecule has 3 unspecified atom stereocenters. The van der Waals surface area contributed by atoms with E-state index in [2.05, 4.69) is 34.3 Å². The lowest BCUT2D eigenvalue weighted by Crippen LogP contribution is -2.45. The third-order valence-electron chi connectivity index (χ3n) is 4.30. The molecule has 1 aliphatic heterocycles. The van der Waals surface area contributed by atoms with Gasteiger partial charge in [-0.2, -0.15) is 11.8 Å². The molecule has 2 fully saturated rings. The van der Waals surface area contributed by atoms with Crippen molar-refractivity contribution >= 4 is 17.7 Å². The second kappa shape index (κ2) is 6.84. The SMILES string of the molecule is CN=C(NCC1CCCC1O)NCC1(C)CCCS1. The van der Waals surface area contributed by atoms with Gasteiger partial charge in [0, 0.05) is 30.8 Å². The summed E-state index contributed by atoms with van der Waals surface area (Å²) in [4.78, 5) is 4.27. The van der Waals surface area contributed by atoms with Gasteiger partial charge in [0.25, 0.3) is 0 Å². The summed E-state index contributed by atoms with van der Waals surface area (Å²) in [5.74, 6) is 2.53. The van der Waals surface area contributed by atoms with Crippen LogP contribution >= 0.6 is 11.8 Å². The van der Waals surface area contributed by atoms with Crippen LogP contribution < -0.4 is 10.6 Å². The fourth-order valence-corrected chi connectivity index (χ4v) is 4.20. The summed E-state index contributed by atoms with van der Waals surface area (Å²) in [6.45, 7) is 4.11. The zero-order chi connectivity index (χ0) is 13.7. The first kappa shape index (κ1) is 15.0. The fraction of sp³-hybridized carbons (Fsp3) is 0.929. The lowest BCUT2D eigenvalue weighted by Gasteiger charge is -2.25. The molecule has 2 aliphatic rings. The predicted octanol–water partition coefficient (Wildman–Crippen LogP) is 1.60. The van der Waals surface area contributed by atoms with Crippen LogP contribution in [0.25, 0.3) is 0 Å². The molecule has 0 amide bonds. The van der Waals surface area contributed by atoms with Crippen molar-refractivity contribution in [3.05, 3.63) is 0 Å². The zero-order valence-corrected chi connectivity index (χ0v) is 12.9. The highest BCUT2D eigenvalue weighted by Crippen LogP contribution is 2.36. The van der Waals surface area contributed by atoms with E-state index in [0.29, 0.717) is 10.7 Å². The van der Waals surface area contributed by atoms with Crippen molar-refractivity contribution in [2.24, 2.45) is 10.9 Å². The van der Waals surface area contributed by atoms with Gasteiger partial charge < -0.3 is 15.7 Å². The molecule has 2 rings (SSSR count). The van der Waals surface area contributed by atoms with E-state index in [1.165, 1.54) is 18.6 Å². The topological polar surface area (TPSA) is 56.7 Å². The van der Waals surface area contributed by atoms with Gasteiger partial charge in [0.15, 0.2) is 5.96 Å². The smallest absolute Gasteiger partial charge is 0.191 e. The summed E-state index contributed by atoms with van der Waals surface area (Å²) in [7, 11) is 1.81. The first-order chi connectivity index (χ1) is 9.13. The van der Waals surface area contributed by atoms with E-state index in [0.717, 1.165) is 38.3 Å². The number of aliphatic hydroxyl groups excluding tert-OH is 1. The Morgan fingerprint density at radius 2 is 2.21 bits per heavy atom. The van der Waals surface area contributed by atoms with Gasteiger partial charge in [-0.3, -0.25) is 4.99 Å². The Bertz CT molecular complexity index is 316. The van der Waals surface area contributed by atoms with Crippen LogP contribution in [0.4, 0.5) is 0 Å². The Balaban J connectivity index is 1.71. The average molecular weight is 285 g/mol. The zero-order valence-electron chi connectivity index (χ0n) is 12.1. The summed E-state index contributed by atoms with van der Waals surface area (Å²) < 4.78 is 0.352. The summed E-state index contributed by atoms with van der Waals surface area (Å²) in [6.07, 6.45) is 5.69. The van der Waals surface area contributed by atoms with E-state index in [-0.39, 0.29) is 6.10 Å². The van der Waals surface area contributed by atoms with Crippen molar-refractivity contribution in [3.63, 3.8) is 0 Å². The molecule has 19 heavy (non-hydrogen) atoms. The van der Waals surface area contributed by atoms with Gasteiger partial charge in [-0.15, -0.1) is 0 Å². The number of guanidine groups is 1. The van der Waals surface area contributed by atoms with E-state index in [1.54, 1.807) is 0 Å². The number of hydrogen-bond acceptors (Lipinski definition) is 3. The Kier molecular flexibility index (Phi) is 5.39. The van der Waals surface area contributed by atoms with E-state index in [4.69, 9.17) is 0 Å². The third-order valence-corrected chi connectivity index (χ3v) is 5.84. The minimum absolute atomic E-state index is 0.131. The first-order valence-corrected chi connectivity index (χ1v) is 8.38. The van der Waals surface area contributed by atoms with Gasteiger partial charge in [0.2, 0.25) is 0 Å². The Hall–Kier alpha value is -0.420. The van der Waals surface area contributed by atoms with Gasteiger partial charge in [0.1, 0.15) is 0 Å². The number of nitrogens with one attached hydrogen (secondary N) is 2. The first-order valence-electron chi connectivity index (χ1n) is 7.39. The van der Waals surface area contributed by atoms with Gasteiger partial charge >= 0.3 is 0 Å². The van der Waals surface area contributed by atoms with Crippen molar-refractivity contribution in [3.8, 4) is 0 Å². The van der Waals surface area contributed by atoms with Crippen molar-refractivity contribution in [2.45, 2.75) is 49.9 Å². The number of nitrogens with zero attached hydrogens (tertiary/aromatic N) is 1. The largest absolute Gasteiger partial charge is 0.393 e. The molecule has 0 spiro atoms. The molecule has 1 heterocycles. The molecule has 0 aromatic rings. The van der Waals surface area contributed by atoms with Crippen LogP contribution in [0, 0.1) is 5.92 Å². The molecule has 5 heteroatoms. The van der Waals surface area contributed by atoms with Gasteiger partial charge in [-0.05, 0) is 38.4 Å².